The van der Waals surface area contributed by atoms with Crippen LogP contribution in [-0.4, -0.2) is 51.2 Å². The monoisotopic (exact) mass is 229 g/mol. The molecule has 16 heavy (non-hydrogen) atoms. The van der Waals surface area contributed by atoms with Gasteiger partial charge >= 0.3 is 0 Å². The van der Waals surface area contributed by atoms with E-state index in [9.17, 15) is 0 Å². The van der Waals surface area contributed by atoms with Crippen LogP contribution in [0.25, 0.3) is 0 Å². The molecule has 0 spiro atoms. The lowest BCUT2D eigenvalue weighted by Crippen LogP contribution is -2.48. The summed E-state index contributed by atoms with van der Waals surface area (Å²) in [5.41, 5.74) is 0. The van der Waals surface area contributed by atoms with E-state index in [0.717, 1.165) is 39.2 Å². The molecule has 0 aliphatic carbocycles. The summed E-state index contributed by atoms with van der Waals surface area (Å²) >= 11 is 0. The Morgan fingerprint density at radius 3 is 3.00 bits per heavy atom. The van der Waals surface area contributed by atoms with Crippen molar-refractivity contribution in [1.29, 1.82) is 0 Å². The highest BCUT2D eigenvalue weighted by Gasteiger charge is 2.27. The fourth-order valence-electron chi connectivity index (χ4n) is 2.38. The molecule has 2 rings (SSSR count). The smallest absolute Gasteiger partial charge is 0.0963 e. The molecule has 4 heteroatoms. The molecule has 2 aliphatic heterocycles. The van der Waals surface area contributed by atoms with Gasteiger partial charge in [-0.1, -0.05) is 6.92 Å². The lowest BCUT2D eigenvalue weighted by Gasteiger charge is -2.32. The fraction of sp³-hybridized carbons (Fsp3) is 1.00. The second kappa shape index (κ2) is 6.55. The van der Waals surface area contributed by atoms with Gasteiger partial charge in [-0.2, -0.15) is 0 Å². The zero-order valence-electron chi connectivity index (χ0n) is 10.1. The van der Waals surface area contributed by atoms with Gasteiger partial charge in [0.1, 0.15) is 0 Å². The molecule has 2 heterocycles. The minimum atomic E-state index is 0.192. The van der Waals surface area contributed by atoms with Crippen molar-refractivity contribution < 1.29 is 14.2 Å². The first-order chi connectivity index (χ1) is 7.90. The third-order valence-electron chi connectivity index (χ3n) is 3.29. The minimum Gasteiger partial charge on any atom is -0.379 e. The van der Waals surface area contributed by atoms with Crippen molar-refractivity contribution in [2.24, 2.45) is 0 Å². The van der Waals surface area contributed by atoms with Crippen LogP contribution < -0.4 is 5.32 Å². The van der Waals surface area contributed by atoms with Gasteiger partial charge in [0.25, 0.3) is 0 Å². The van der Waals surface area contributed by atoms with Crippen molar-refractivity contribution in [1.82, 2.24) is 5.32 Å². The topological polar surface area (TPSA) is 39.7 Å². The highest BCUT2D eigenvalue weighted by Crippen LogP contribution is 2.16. The molecule has 0 radical (unpaired) electrons. The molecule has 2 fully saturated rings. The molecule has 0 saturated carbocycles. The van der Waals surface area contributed by atoms with Gasteiger partial charge < -0.3 is 19.5 Å². The minimum absolute atomic E-state index is 0.192. The van der Waals surface area contributed by atoms with E-state index in [-0.39, 0.29) is 6.10 Å². The number of rotatable bonds is 5. The van der Waals surface area contributed by atoms with Crippen molar-refractivity contribution in [3.8, 4) is 0 Å². The van der Waals surface area contributed by atoms with E-state index >= 15 is 0 Å². The van der Waals surface area contributed by atoms with Crippen molar-refractivity contribution in [3.63, 3.8) is 0 Å². The second-order valence-electron chi connectivity index (χ2n) is 4.53. The third-order valence-corrected chi connectivity index (χ3v) is 3.29. The normalized spacial score (nSPS) is 35.4. The summed E-state index contributed by atoms with van der Waals surface area (Å²) in [6, 6.07) is 0.445. The van der Waals surface area contributed by atoms with Gasteiger partial charge in [0, 0.05) is 19.3 Å². The Labute approximate surface area is 97.6 Å². The van der Waals surface area contributed by atoms with Crippen LogP contribution in [0.15, 0.2) is 0 Å². The highest BCUT2D eigenvalue weighted by atomic mass is 16.6. The molecule has 2 saturated heterocycles. The summed E-state index contributed by atoms with van der Waals surface area (Å²) in [6.07, 6.45) is 3.86. The molecule has 1 N–H and O–H groups in total. The van der Waals surface area contributed by atoms with E-state index in [0.29, 0.717) is 18.8 Å². The average Bonchev–Trinajstić information content (AvgIpc) is 2.81. The first-order valence-corrected chi connectivity index (χ1v) is 6.44. The number of hydrogen-bond donors (Lipinski definition) is 1. The Morgan fingerprint density at radius 1 is 1.31 bits per heavy atom. The predicted molar refractivity (Wildman–Crippen MR) is 61.6 cm³/mol. The number of likely N-dealkylation sites (N-methyl/N-ethyl adjacent to an activating group) is 1. The second-order valence-corrected chi connectivity index (χ2v) is 4.53. The fourth-order valence-corrected chi connectivity index (χ4v) is 2.38. The summed E-state index contributed by atoms with van der Waals surface area (Å²) in [7, 11) is 0. The lowest BCUT2D eigenvalue weighted by molar-refractivity contribution is -0.0916. The molecule has 4 nitrogen and oxygen atoms in total. The summed E-state index contributed by atoms with van der Waals surface area (Å²) in [5.74, 6) is 0. The highest BCUT2D eigenvalue weighted by molar-refractivity contribution is 4.80. The summed E-state index contributed by atoms with van der Waals surface area (Å²) in [6.45, 7) is 6.29. The SMILES string of the molecule is CCNC1CCOCC1OCC1CCCO1. The maximum atomic E-state index is 5.92. The molecule has 3 unspecified atom stereocenters. The molecular weight excluding hydrogens is 206 g/mol. The zero-order chi connectivity index (χ0) is 11.2. The third kappa shape index (κ3) is 3.42. The van der Waals surface area contributed by atoms with E-state index in [2.05, 4.69) is 12.2 Å². The zero-order valence-corrected chi connectivity index (χ0v) is 10.1. The first kappa shape index (κ1) is 12.3. The average molecular weight is 229 g/mol. The number of hydrogen-bond acceptors (Lipinski definition) is 4. The van der Waals surface area contributed by atoms with E-state index in [1.807, 2.05) is 0 Å². The van der Waals surface area contributed by atoms with Crippen LogP contribution in [0.1, 0.15) is 26.2 Å². The van der Waals surface area contributed by atoms with Gasteiger partial charge in [-0.3, -0.25) is 0 Å². The molecule has 0 bridgehead atoms. The maximum absolute atomic E-state index is 5.92. The molecule has 0 aromatic heterocycles. The number of nitrogens with one attached hydrogen (secondary N) is 1. The van der Waals surface area contributed by atoms with Crippen LogP contribution in [0, 0.1) is 0 Å². The van der Waals surface area contributed by atoms with Crippen molar-refractivity contribution in [3.05, 3.63) is 0 Å². The standard InChI is InChI=1S/C12H23NO3/c1-2-13-11-5-7-14-9-12(11)16-8-10-4-3-6-15-10/h10-13H,2-9H2,1H3. The predicted octanol–water partition coefficient (Wildman–Crippen LogP) is 0.949. The molecule has 3 atom stereocenters. The summed E-state index contributed by atoms with van der Waals surface area (Å²) in [4.78, 5) is 0. The van der Waals surface area contributed by atoms with E-state index in [1.165, 1.54) is 6.42 Å². The van der Waals surface area contributed by atoms with Gasteiger partial charge in [-0.25, -0.2) is 0 Å². The Hall–Kier alpha value is -0.160. The van der Waals surface area contributed by atoms with Gasteiger partial charge in [0.2, 0.25) is 0 Å². The molecule has 94 valence electrons. The first-order valence-electron chi connectivity index (χ1n) is 6.44. The van der Waals surface area contributed by atoms with E-state index < -0.39 is 0 Å². The molecule has 2 aliphatic rings. The Kier molecular flexibility index (Phi) is 5.03. The van der Waals surface area contributed by atoms with Crippen molar-refractivity contribution in [2.75, 3.05) is 33.0 Å². The largest absolute Gasteiger partial charge is 0.379 e. The van der Waals surface area contributed by atoms with Crippen molar-refractivity contribution in [2.45, 2.75) is 44.4 Å². The quantitative estimate of drug-likeness (QED) is 0.762. The molecule has 0 aromatic rings. The lowest BCUT2D eigenvalue weighted by atomic mass is 10.1. The Morgan fingerprint density at radius 2 is 2.25 bits per heavy atom. The van der Waals surface area contributed by atoms with Gasteiger partial charge in [-0.15, -0.1) is 0 Å². The Bertz CT molecular complexity index is 193. The van der Waals surface area contributed by atoms with Crippen LogP contribution >= 0.6 is 0 Å². The summed E-state index contributed by atoms with van der Waals surface area (Å²) in [5, 5.41) is 3.46. The molecular formula is C12H23NO3. The van der Waals surface area contributed by atoms with Gasteiger partial charge in [-0.05, 0) is 25.8 Å². The van der Waals surface area contributed by atoms with Crippen LogP contribution in [0.3, 0.4) is 0 Å². The Balaban J connectivity index is 1.72. The van der Waals surface area contributed by atoms with Crippen LogP contribution in [0.4, 0.5) is 0 Å². The van der Waals surface area contributed by atoms with Gasteiger partial charge in [0.15, 0.2) is 0 Å². The summed E-state index contributed by atoms with van der Waals surface area (Å²) < 4.78 is 16.9. The van der Waals surface area contributed by atoms with E-state index in [4.69, 9.17) is 14.2 Å². The van der Waals surface area contributed by atoms with Crippen LogP contribution in [0.5, 0.6) is 0 Å². The van der Waals surface area contributed by atoms with Gasteiger partial charge in [0.05, 0.1) is 25.4 Å². The molecule has 0 aromatic carbocycles. The van der Waals surface area contributed by atoms with E-state index in [1.54, 1.807) is 0 Å². The van der Waals surface area contributed by atoms with Crippen molar-refractivity contribution >= 4 is 0 Å². The maximum Gasteiger partial charge on any atom is 0.0963 e. The molecule has 0 amide bonds. The van der Waals surface area contributed by atoms with Crippen LogP contribution in [-0.2, 0) is 14.2 Å². The number of ether oxygens (including phenoxy) is 3. The van der Waals surface area contributed by atoms with Crippen LogP contribution in [0.2, 0.25) is 0 Å².